The molecular formula is C13H23N3. The van der Waals surface area contributed by atoms with E-state index >= 15 is 0 Å². The zero-order valence-electron chi connectivity index (χ0n) is 10.7. The molecule has 2 unspecified atom stereocenters. The molecule has 0 aliphatic heterocycles. The van der Waals surface area contributed by atoms with Gasteiger partial charge in [-0.3, -0.25) is 4.68 Å². The monoisotopic (exact) mass is 221 g/mol. The van der Waals surface area contributed by atoms with E-state index in [9.17, 15) is 0 Å². The summed E-state index contributed by atoms with van der Waals surface area (Å²) in [4.78, 5) is 0. The Labute approximate surface area is 98.2 Å². The van der Waals surface area contributed by atoms with Gasteiger partial charge in [0.25, 0.3) is 0 Å². The van der Waals surface area contributed by atoms with E-state index in [1.165, 1.54) is 36.9 Å². The molecule has 0 saturated carbocycles. The van der Waals surface area contributed by atoms with Crippen LogP contribution in [0.25, 0.3) is 0 Å². The Hall–Kier alpha value is -0.830. The Bertz CT molecular complexity index is 343. The summed E-state index contributed by atoms with van der Waals surface area (Å²) in [6.07, 6.45) is 7.02. The van der Waals surface area contributed by atoms with Crippen molar-refractivity contribution in [3.63, 3.8) is 0 Å². The van der Waals surface area contributed by atoms with Gasteiger partial charge in [-0.2, -0.15) is 5.10 Å². The first-order chi connectivity index (χ1) is 7.72. The SMILES string of the molecule is CCC(C)CNC1CCCc2c1cnn2C. The zero-order chi connectivity index (χ0) is 11.5. The molecule has 0 bridgehead atoms. The zero-order valence-corrected chi connectivity index (χ0v) is 10.7. The van der Waals surface area contributed by atoms with Crippen molar-refractivity contribution >= 4 is 0 Å². The highest BCUT2D eigenvalue weighted by Crippen LogP contribution is 2.29. The van der Waals surface area contributed by atoms with Crippen molar-refractivity contribution in [3.05, 3.63) is 17.5 Å². The van der Waals surface area contributed by atoms with Crippen LogP contribution in [0.2, 0.25) is 0 Å². The molecule has 1 aliphatic rings. The van der Waals surface area contributed by atoms with Crippen LogP contribution in [0.15, 0.2) is 6.20 Å². The van der Waals surface area contributed by atoms with E-state index in [-0.39, 0.29) is 0 Å². The van der Waals surface area contributed by atoms with Gasteiger partial charge in [-0.25, -0.2) is 0 Å². The number of fused-ring (bicyclic) bond motifs is 1. The van der Waals surface area contributed by atoms with E-state index in [1.807, 2.05) is 10.9 Å². The molecule has 0 saturated heterocycles. The minimum Gasteiger partial charge on any atom is -0.310 e. The van der Waals surface area contributed by atoms with Crippen LogP contribution in [-0.4, -0.2) is 16.3 Å². The Morgan fingerprint density at radius 2 is 2.44 bits per heavy atom. The summed E-state index contributed by atoms with van der Waals surface area (Å²) < 4.78 is 2.03. The third-order valence-corrected chi connectivity index (χ3v) is 3.79. The highest BCUT2D eigenvalue weighted by Gasteiger charge is 2.22. The largest absolute Gasteiger partial charge is 0.310 e. The number of aryl methyl sites for hydroxylation is 1. The quantitative estimate of drug-likeness (QED) is 0.846. The molecule has 0 amide bonds. The van der Waals surface area contributed by atoms with Crippen molar-refractivity contribution < 1.29 is 0 Å². The molecular weight excluding hydrogens is 198 g/mol. The van der Waals surface area contributed by atoms with Crippen molar-refractivity contribution in [2.75, 3.05) is 6.54 Å². The number of hydrogen-bond donors (Lipinski definition) is 1. The van der Waals surface area contributed by atoms with Gasteiger partial charge in [-0.15, -0.1) is 0 Å². The summed E-state index contributed by atoms with van der Waals surface area (Å²) >= 11 is 0. The summed E-state index contributed by atoms with van der Waals surface area (Å²) in [6.45, 7) is 5.68. The summed E-state index contributed by atoms with van der Waals surface area (Å²) in [6, 6.07) is 0.534. The highest BCUT2D eigenvalue weighted by molar-refractivity contribution is 5.24. The van der Waals surface area contributed by atoms with E-state index in [1.54, 1.807) is 0 Å². The molecule has 1 N–H and O–H groups in total. The van der Waals surface area contributed by atoms with Crippen LogP contribution < -0.4 is 5.32 Å². The Balaban J connectivity index is 2.02. The van der Waals surface area contributed by atoms with Gasteiger partial charge in [0, 0.05) is 24.3 Å². The van der Waals surface area contributed by atoms with Gasteiger partial charge in [0.05, 0.1) is 6.20 Å². The average molecular weight is 221 g/mol. The van der Waals surface area contributed by atoms with Gasteiger partial charge in [-0.05, 0) is 31.7 Å². The molecule has 2 rings (SSSR count). The smallest absolute Gasteiger partial charge is 0.0540 e. The lowest BCUT2D eigenvalue weighted by atomic mass is 9.92. The van der Waals surface area contributed by atoms with Crippen LogP contribution >= 0.6 is 0 Å². The Kier molecular flexibility index (Phi) is 3.64. The summed E-state index contributed by atoms with van der Waals surface area (Å²) in [5, 5.41) is 8.06. The van der Waals surface area contributed by atoms with E-state index < -0.39 is 0 Å². The van der Waals surface area contributed by atoms with Crippen molar-refractivity contribution in [2.45, 2.75) is 45.6 Å². The first kappa shape index (κ1) is 11.6. The number of hydrogen-bond acceptors (Lipinski definition) is 2. The van der Waals surface area contributed by atoms with E-state index in [0.29, 0.717) is 6.04 Å². The molecule has 1 aromatic rings. The third-order valence-electron chi connectivity index (χ3n) is 3.79. The predicted octanol–water partition coefficient (Wildman–Crippen LogP) is 2.43. The molecule has 0 spiro atoms. The lowest BCUT2D eigenvalue weighted by Gasteiger charge is -2.25. The maximum atomic E-state index is 4.37. The average Bonchev–Trinajstić information content (AvgIpc) is 2.69. The van der Waals surface area contributed by atoms with Crippen LogP contribution in [0.4, 0.5) is 0 Å². The standard InChI is InChI=1S/C13H23N3/c1-4-10(2)8-14-12-6-5-7-13-11(12)9-15-16(13)3/h9-10,12,14H,4-8H2,1-3H3. The van der Waals surface area contributed by atoms with E-state index in [0.717, 1.165) is 12.5 Å². The molecule has 1 aromatic heterocycles. The van der Waals surface area contributed by atoms with Gasteiger partial charge in [0.2, 0.25) is 0 Å². The van der Waals surface area contributed by atoms with Crippen molar-refractivity contribution in [3.8, 4) is 0 Å². The molecule has 0 fully saturated rings. The fourth-order valence-electron chi connectivity index (χ4n) is 2.41. The van der Waals surface area contributed by atoms with Crippen LogP contribution in [0.1, 0.15) is 50.4 Å². The minimum atomic E-state index is 0.534. The molecule has 1 heterocycles. The second kappa shape index (κ2) is 5.00. The first-order valence-electron chi connectivity index (χ1n) is 6.46. The maximum absolute atomic E-state index is 4.37. The van der Waals surface area contributed by atoms with Crippen molar-refractivity contribution in [2.24, 2.45) is 13.0 Å². The van der Waals surface area contributed by atoms with Crippen LogP contribution in [-0.2, 0) is 13.5 Å². The molecule has 1 aliphatic carbocycles. The van der Waals surface area contributed by atoms with E-state index in [4.69, 9.17) is 0 Å². The number of nitrogens with one attached hydrogen (secondary N) is 1. The molecule has 0 radical (unpaired) electrons. The number of aromatic nitrogens is 2. The fourth-order valence-corrected chi connectivity index (χ4v) is 2.41. The molecule has 16 heavy (non-hydrogen) atoms. The predicted molar refractivity (Wildman–Crippen MR) is 66.3 cm³/mol. The fraction of sp³-hybridized carbons (Fsp3) is 0.769. The van der Waals surface area contributed by atoms with Crippen LogP contribution in [0, 0.1) is 5.92 Å². The molecule has 90 valence electrons. The molecule has 3 nitrogen and oxygen atoms in total. The summed E-state index contributed by atoms with van der Waals surface area (Å²) in [7, 11) is 2.05. The summed E-state index contributed by atoms with van der Waals surface area (Å²) in [5.74, 6) is 0.766. The van der Waals surface area contributed by atoms with Crippen molar-refractivity contribution in [1.29, 1.82) is 0 Å². The van der Waals surface area contributed by atoms with E-state index in [2.05, 4.69) is 31.3 Å². The lowest BCUT2D eigenvalue weighted by molar-refractivity contribution is 0.405. The van der Waals surface area contributed by atoms with Crippen LogP contribution in [0.3, 0.4) is 0 Å². The minimum absolute atomic E-state index is 0.534. The Morgan fingerprint density at radius 3 is 3.19 bits per heavy atom. The second-order valence-electron chi connectivity index (χ2n) is 5.04. The van der Waals surface area contributed by atoms with Gasteiger partial charge in [-0.1, -0.05) is 20.3 Å². The summed E-state index contributed by atoms with van der Waals surface area (Å²) in [5.41, 5.74) is 2.85. The number of rotatable bonds is 4. The van der Waals surface area contributed by atoms with Crippen LogP contribution in [0.5, 0.6) is 0 Å². The topological polar surface area (TPSA) is 29.9 Å². The van der Waals surface area contributed by atoms with Gasteiger partial charge < -0.3 is 5.32 Å². The van der Waals surface area contributed by atoms with Gasteiger partial charge in [0.1, 0.15) is 0 Å². The maximum Gasteiger partial charge on any atom is 0.0540 e. The van der Waals surface area contributed by atoms with Gasteiger partial charge in [0.15, 0.2) is 0 Å². The third kappa shape index (κ3) is 2.29. The molecule has 2 atom stereocenters. The molecule has 3 heteroatoms. The van der Waals surface area contributed by atoms with Crippen molar-refractivity contribution in [1.82, 2.24) is 15.1 Å². The van der Waals surface area contributed by atoms with Gasteiger partial charge >= 0.3 is 0 Å². The number of nitrogens with zero attached hydrogens (tertiary/aromatic N) is 2. The first-order valence-corrected chi connectivity index (χ1v) is 6.46. The highest BCUT2D eigenvalue weighted by atomic mass is 15.3. The lowest BCUT2D eigenvalue weighted by Crippen LogP contribution is -2.28. The second-order valence-corrected chi connectivity index (χ2v) is 5.04. The Morgan fingerprint density at radius 1 is 1.62 bits per heavy atom. The normalized spacial score (nSPS) is 21.8. The molecule has 0 aromatic carbocycles.